The molecule has 1 aromatic rings. The maximum absolute atomic E-state index is 11.0. The number of hydrogen-bond donors (Lipinski definition) is 0. The third kappa shape index (κ3) is 2.45. The number of sulfone groups is 1. The molecule has 6 heteroatoms. The summed E-state index contributed by atoms with van der Waals surface area (Å²) in [6.45, 7) is 1.74. The second-order valence-corrected chi connectivity index (χ2v) is 5.55. The van der Waals surface area contributed by atoms with Crippen molar-refractivity contribution in [2.75, 3.05) is 6.26 Å². The number of hydrogen-bond acceptors (Lipinski definition) is 3. The van der Waals surface area contributed by atoms with E-state index in [1.807, 2.05) is 0 Å². The molecule has 0 fully saturated rings. The van der Waals surface area contributed by atoms with Crippen LogP contribution >= 0.6 is 11.6 Å². The van der Waals surface area contributed by atoms with E-state index in [-0.39, 0.29) is 5.75 Å². The van der Waals surface area contributed by atoms with Crippen molar-refractivity contribution in [1.29, 1.82) is 0 Å². The van der Waals surface area contributed by atoms with Gasteiger partial charge in [0.2, 0.25) is 0 Å². The van der Waals surface area contributed by atoms with E-state index in [0.29, 0.717) is 16.4 Å². The van der Waals surface area contributed by atoms with Gasteiger partial charge in [0.05, 0.1) is 11.4 Å². The SMILES string of the molecule is Cc1nn(C)c(Cl)c1CS(C)(=O)=O. The van der Waals surface area contributed by atoms with Crippen LogP contribution < -0.4 is 0 Å². The predicted molar refractivity (Wildman–Crippen MR) is 51.5 cm³/mol. The molecule has 13 heavy (non-hydrogen) atoms. The van der Waals surface area contributed by atoms with Crippen LogP contribution in [-0.2, 0) is 22.6 Å². The molecule has 0 radical (unpaired) electrons. The Balaban J connectivity index is 3.15. The van der Waals surface area contributed by atoms with Gasteiger partial charge in [0.15, 0.2) is 9.84 Å². The summed E-state index contributed by atoms with van der Waals surface area (Å²) in [5.41, 5.74) is 1.25. The highest BCUT2D eigenvalue weighted by molar-refractivity contribution is 7.89. The minimum Gasteiger partial charge on any atom is -0.257 e. The minimum absolute atomic E-state index is 0.0501. The Morgan fingerprint density at radius 3 is 2.38 bits per heavy atom. The summed E-state index contributed by atoms with van der Waals surface area (Å²) < 4.78 is 23.5. The zero-order chi connectivity index (χ0) is 10.2. The van der Waals surface area contributed by atoms with Crippen molar-refractivity contribution in [2.24, 2.45) is 7.05 Å². The molecule has 0 aliphatic rings. The van der Waals surface area contributed by atoms with E-state index in [9.17, 15) is 8.42 Å². The second-order valence-electron chi connectivity index (χ2n) is 3.05. The Morgan fingerprint density at radius 1 is 1.54 bits per heavy atom. The molecule has 0 spiro atoms. The van der Waals surface area contributed by atoms with Gasteiger partial charge >= 0.3 is 0 Å². The van der Waals surface area contributed by atoms with Crippen LogP contribution in [0, 0.1) is 6.92 Å². The van der Waals surface area contributed by atoms with E-state index in [2.05, 4.69) is 5.10 Å². The van der Waals surface area contributed by atoms with Crippen LogP contribution in [0.2, 0.25) is 5.15 Å². The van der Waals surface area contributed by atoms with Crippen LogP contribution in [0.15, 0.2) is 0 Å². The zero-order valence-corrected chi connectivity index (χ0v) is 9.28. The van der Waals surface area contributed by atoms with Crippen molar-refractivity contribution in [3.05, 3.63) is 16.4 Å². The zero-order valence-electron chi connectivity index (χ0n) is 7.70. The highest BCUT2D eigenvalue weighted by Gasteiger charge is 2.15. The Hall–Kier alpha value is -0.550. The van der Waals surface area contributed by atoms with E-state index < -0.39 is 9.84 Å². The fourth-order valence-electron chi connectivity index (χ4n) is 1.10. The summed E-state index contributed by atoms with van der Waals surface area (Å²) >= 11 is 5.86. The molecule has 0 aliphatic heterocycles. The first-order chi connectivity index (χ1) is 5.81. The number of nitrogens with zero attached hydrogens (tertiary/aromatic N) is 2. The van der Waals surface area contributed by atoms with Gasteiger partial charge in [-0.15, -0.1) is 0 Å². The van der Waals surface area contributed by atoms with Crippen LogP contribution in [-0.4, -0.2) is 24.5 Å². The molecule has 1 aromatic heterocycles. The van der Waals surface area contributed by atoms with Gasteiger partial charge in [-0.3, -0.25) is 4.68 Å². The lowest BCUT2D eigenvalue weighted by atomic mass is 10.3. The third-order valence-electron chi connectivity index (χ3n) is 1.68. The molecule has 0 N–H and O–H groups in total. The van der Waals surface area contributed by atoms with Crippen molar-refractivity contribution in [3.8, 4) is 0 Å². The summed E-state index contributed by atoms with van der Waals surface area (Å²) in [4.78, 5) is 0. The summed E-state index contributed by atoms with van der Waals surface area (Å²) in [7, 11) is -1.36. The molecule has 0 saturated heterocycles. The minimum atomic E-state index is -3.05. The summed E-state index contributed by atoms with van der Waals surface area (Å²) in [6.07, 6.45) is 1.18. The summed E-state index contributed by atoms with van der Waals surface area (Å²) in [5, 5.41) is 4.41. The van der Waals surface area contributed by atoms with Crippen LogP contribution in [0.5, 0.6) is 0 Å². The molecule has 1 rings (SSSR count). The van der Waals surface area contributed by atoms with E-state index >= 15 is 0 Å². The molecule has 0 bridgehead atoms. The van der Waals surface area contributed by atoms with E-state index in [1.54, 1.807) is 14.0 Å². The molecule has 0 saturated carbocycles. The Kier molecular flexibility index (Phi) is 2.68. The van der Waals surface area contributed by atoms with Gasteiger partial charge in [0.25, 0.3) is 0 Å². The normalized spacial score (nSPS) is 12.0. The van der Waals surface area contributed by atoms with E-state index in [4.69, 9.17) is 11.6 Å². The quantitative estimate of drug-likeness (QED) is 0.748. The topological polar surface area (TPSA) is 52.0 Å². The average Bonchev–Trinajstić information content (AvgIpc) is 2.14. The van der Waals surface area contributed by atoms with Crippen LogP contribution in [0.4, 0.5) is 0 Å². The molecular formula is C7H11ClN2O2S. The van der Waals surface area contributed by atoms with E-state index in [1.165, 1.54) is 10.9 Å². The largest absolute Gasteiger partial charge is 0.257 e. The maximum atomic E-state index is 11.0. The molecule has 0 aliphatic carbocycles. The van der Waals surface area contributed by atoms with Gasteiger partial charge < -0.3 is 0 Å². The summed E-state index contributed by atoms with van der Waals surface area (Å²) in [5.74, 6) is -0.0501. The lowest BCUT2D eigenvalue weighted by Crippen LogP contribution is -2.01. The van der Waals surface area contributed by atoms with Crippen LogP contribution in [0.1, 0.15) is 11.3 Å². The first kappa shape index (κ1) is 10.5. The molecule has 4 nitrogen and oxygen atoms in total. The smallest absolute Gasteiger partial charge is 0.151 e. The van der Waals surface area contributed by atoms with Gasteiger partial charge in [-0.2, -0.15) is 5.10 Å². The number of rotatable bonds is 2. The highest BCUT2D eigenvalue weighted by Crippen LogP contribution is 2.20. The van der Waals surface area contributed by atoms with Gasteiger partial charge in [-0.05, 0) is 6.92 Å². The van der Waals surface area contributed by atoms with Gasteiger partial charge in [-0.1, -0.05) is 11.6 Å². The monoisotopic (exact) mass is 222 g/mol. The molecule has 1 heterocycles. The lowest BCUT2D eigenvalue weighted by molar-refractivity contribution is 0.601. The van der Waals surface area contributed by atoms with Crippen LogP contribution in [0.25, 0.3) is 0 Å². The van der Waals surface area contributed by atoms with Crippen molar-refractivity contribution in [1.82, 2.24) is 9.78 Å². The van der Waals surface area contributed by atoms with Crippen molar-refractivity contribution in [2.45, 2.75) is 12.7 Å². The van der Waals surface area contributed by atoms with Crippen molar-refractivity contribution >= 4 is 21.4 Å². The molecule has 74 valence electrons. The number of aromatic nitrogens is 2. The van der Waals surface area contributed by atoms with Gasteiger partial charge in [-0.25, -0.2) is 8.42 Å². The molecule has 0 amide bonds. The van der Waals surface area contributed by atoms with Gasteiger partial charge in [0.1, 0.15) is 5.15 Å². The first-order valence-electron chi connectivity index (χ1n) is 3.67. The second kappa shape index (κ2) is 3.31. The average molecular weight is 223 g/mol. The Morgan fingerprint density at radius 2 is 2.08 bits per heavy atom. The summed E-state index contributed by atoms with van der Waals surface area (Å²) in [6, 6.07) is 0. The maximum Gasteiger partial charge on any atom is 0.151 e. The first-order valence-corrected chi connectivity index (χ1v) is 6.11. The molecule has 0 unspecified atom stereocenters. The highest BCUT2D eigenvalue weighted by atomic mass is 35.5. The number of halogens is 1. The standard InChI is InChI=1S/C7H11ClN2O2S/c1-5-6(4-13(3,11)12)7(8)10(2)9-5/h4H2,1-3H3. The fraction of sp³-hybridized carbons (Fsp3) is 0.571. The van der Waals surface area contributed by atoms with E-state index in [0.717, 1.165) is 0 Å². The number of aryl methyl sites for hydroxylation is 2. The van der Waals surface area contributed by atoms with Gasteiger partial charge in [0, 0.05) is 18.9 Å². The molecular weight excluding hydrogens is 212 g/mol. The Bertz CT molecular complexity index is 422. The molecule has 0 aromatic carbocycles. The third-order valence-corrected chi connectivity index (χ3v) is 2.96. The lowest BCUT2D eigenvalue weighted by Gasteiger charge is -1.97. The van der Waals surface area contributed by atoms with Crippen molar-refractivity contribution < 1.29 is 8.42 Å². The van der Waals surface area contributed by atoms with Crippen LogP contribution in [0.3, 0.4) is 0 Å². The predicted octanol–water partition coefficient (Wildman–Crippen LogP) is 0.927. The molecule has 0 atom stereocenters. The Labute approximate surface area is 82.4 Å². The van der Waals surface area contributed by atoms with Crippen molar-refractivity contribution in [3.63, 3.8) is 0 Å². The fourth-order valence-corrected chi connectivity index (χ4v) is 2.29.